The van der Waals surface area contributed by atoms with Gasteiger partial charge in [0.2, 0.25) is 5.95 Å². The smallest absolute Gasteiger partial charge is 0.230 e. The monoisotopic (exact) mass is 311 g/mol. The van der Waals surface area contributed by atoms with Gasteiger partial charge in [0, 0.05) is 37.9 Å². The molecular weight excluding hydrogens is 290 g/mol. The second kappa shape index (κ2) is 7.06. The molecule has 4 N–H and O–H groups in total. The highest BCUT2D eigenvalue weighted by Gasteiger charge is 2.10. The van der Waals surface area contributed by atoms with Crippen LogP contribution in [0, 0.1) is 0 Å². The molecule has 2 aromatic rings. The number of hydrogen-bond acceptors (Lipinski definition) is 7. The maximum absolute atomic E-state index is 5.91. The fourth-order valence-corrected chi connectivity index (χ4v) is 2.46. The Bertz CT molecular complexity index is 675. The van der Waals surface area contributed by atoms with Crippen molar-refractivity contribution in [2.75, 3.05) is 42.1 Å². The van der Waals surface area contributed by atoms with E-state index in [4.69, 9.17) is 5.73 Å². The summed E-state index contributed by atoms with van der Waals surface area (Å²) in [5, 5.41) is 6.42. The van der Waals surface area contributed by atoms with Crippen LogP contribution < -0.4 is 21.3 Å². The largest absolute Gasteiger partial charge is 0.383 e. The van der Waals surface area contributed by atoms with E-state index in [1.165, 1.54) is 0 Å². The zero-order valence-corrected chi connectivity index (χ0v) is 13.2. The molecule has 0 spiro atoms. The molecule has 23 heavy (non-hydrogen) atoms. The van der Waals surface area contributed by atoms with Crippen LogP contribution in [0.25, 0.3) is 6.08 Å². The summed E-state index contributed by atoms with van der Waals surface area (Å²) in [6, 6.07) is 3.98. The molecular formula is C16H21N7. The number of nitrogens with one attached hydrogen (secondary N) is 2. The molecule has 0 amide bonds. The lowest BCUT2D eigenvalue weighted by Gasteiger charge is -2.29. The Hall–Kier alpha value is -2.67. The Morgan fingerprint density at radius 3 is 2.70 bits per heavy atom. The predicted octanol–water partition coefficient (Wildman–Crippen LogP) is 1.64. The van der Waals surface area contributed by atoms with Gasteiger partial charge in [0.25, 0.3) is 0 Å². The number of allylic oxidation sites excluding steroid dienone is 1. The van der Waals surface area contributed by atoms with Crippen LogP contribution in [0.4, 0.5) is 23.3 Å². The Kier molecular flexibility index (Phi) is 4.68. The van der Waals surface area contributed by atoms with Crippen molar-refractivity contribution in [3.63, 3.8) is 0 Å². The van der Waals surface area contributed by atoms with Gasteiger partial charge in [-0.15, -0.1) is 0 Å². The van der Waals surface area contributed by atoms with E-state index in [2.05, 4.69) is 36.6 Å². The SMILES string of the molecule is C/C=C/c1cnc(Nc2ccc(N3CCNCC3)cn2)nc1N. The number of nitrogens with zero attached hydrogens (tertiary/aromatic N) is 4. The molecule has 0 saturated carbocycles. The van der Waals surface area contributed by atoms with Crippen molar-refractivity contribution < 1.29 is 0 Å². The second-order valence-corrected chi connectivity index (χ2v) is 5.30. The maximum atomic E-state index is 5.91. The van der Waals surface area contributed by atoms with Gasteiger partial charge in [-0.3, -0.25) is 0 Å². The Morgan fingerprint density at radius 2 is 2.04 bits per heavy atom. The summed E-state index contributed by atoms with van der Waals surface area (Å²) in [5.74, 6) is 1.58. The van der Waals surface area contributed by atoms with Crippen molar-refractivity contribution >= 4 is 29.3 Å². The number of nitrogen functional groups attached to an aromatic ring is 1. The van der Waals surface area contributed by atoms with Gasteiger partial charge < -0.3 is 21.3 Å². The maximum Gasteiger partial charge on any atom is 0.230 e. The quantitative estimate of drug-likeness (QED) is 0.790. The first-order valence-corrected chi connectivity index (χ1v) is 7.70. The van der Waals surface area contributed by atoms with Gasteiger partial charge in [0.05, 0.1) is 11.9 Å². The molecule has 0 aliphatic carbocycles. The van der Waals surface area contributed by atoms with Crippen molar-refractivity contribution in [3.05, 3.63) is 36.2 Å². The molecule has 120 valence electrons. The lowest BCUT2D eigenvalue weighted by atomic mass is 10.3. The van der Waals surface area contributed by atoms with E-state index in [1.54, 1.807) is 6.20 Å². The van der Waals surface area contributed by atoms with E-state index in [9.17, 15) is 0 Å². The molecule has 3 heterocycles. The summed E-state index contributed by atoms with van der Waals surface area (Å²) in [5.41, 5.74) is 7.84. The summed E-state index contributed by atoms with van der Waals surface area (Å²) < 4.78 is 0. The molecule has 1 aliphatic rings. The molecule has 1 saturated heterocycles. The second-order valence-electron chi connectivity index (χ2n) is 5.30. The molecule has 0 bridgehead atoms. The van der Waals surface area contributed by atoms with Crippen LogP contribution >= 0.6 is 0 Å². The molecule has 1 aliphatic heterocycles. The standard InChI is InChI=1S/C16H21N7/c1-2-3-12-10-20-16(22-15(12)17)21-14-5-4-13(11-19-14)23-8-6-18-7-9-23/h2-5,10-11,18H,6-9H2,1H3,(H3,17,19,20,21,22)/b3-2+. The number of piperazine rings is 1. The fourth-order valence-electron chi connectivity index (χ4n) is 2.46. The van der Waals surface area contributed by atoms with Crippen LogP contribution in [0.1, 0.15) is 12.5 Å². The van der Waals surface area contributed by atoms with Crippen molar-refractivity contribution in [1.29, 1.82) is 0 Å². The molecule has 7 nitrogen and oxygen atoms in total. The number of hydrogen-bond donors (Lipinski definition) is 3. The molecule has 0 atom stereocenters. The van der Waals surface area contributed by atoms with Crippen molar-refractivity contribution in [2.24, 2.45) is 0 Å². The Morgan fingerprint density at radius 1 is 1.22 bits per heavy atom. The highest BCUT2D eigenvalue weighted by atomic mass is 15.2. The number of anilines is 4. The summed E-state index contributed by atoms with van der Waals surface area (Å²) in [6.07, 6.45) is 7.34. The third kappa shape index (κ3) is 3.75. The van der Waals surface area contributed by atoms with Gasteiger partial charge in [-0.1, -0.05) is 12.2 Å². The van der Waals surface area contributed by atoms with Crippen LogP contribution in [0.15, 0.2) is 30.6 Å². The van der Waals surface area contributed by atoms with E-state index in [0.717, 1.165) is 37.4 Å². The first kappa shape index (κ1) is 15.2. The van der Waals surface area contributed by atoms with Crippen LogP contribution in [-0.4, -0.2) is 41.1 Å². The zero-order valence-electron chi connectivity index (χ0n) is 13.2. The van der Waals surface area contributed by atoms with Crippen molar-refractivity contribution in [1.82, 2.24) is 20.3 Å². The number of nitrogens with two attached hydrogens (primary N) is 1. The number of aromatic nitrogens is 3. The molecule has 1 fully saturated rings. The van der Waals surface area contributed by atoms with Gasteiger partial charge in [0.1, 0.15) is 11.6 Å². The average molecular weight is 311 g/mol. The first-order chi connectivity index (χ1) is 11.3. The van der Waals surface area contributed by atoms with Crippen LogP contribution in [0.5, 0.6) is 0 Å². The molecule has 2 aromatic heterocycles. The average Bonchev–Trinajstić information content (AvgIpc) is 2.59. The minimum Gasteiger partial charge on any atom is -0.383 e. The minimum atomic E-state index is 0.443. The first-order valence-electron chi connectivity index (χ1n) is 7.70. The summed E-state index contributed by atoms with van der Waals surface area (Å²) in [6.45, 7) is 5.94. The van der Waals surface area contributed by atoms with Crippen LogP contribution in [-0.2, 0) is 0 Å². The van der Waals surface area contributed by atoms with E-state index in [-0.39, 0.29) is 0 Å². The summed E-state index contributed by atoms with van der Waals surface area (Å²) >= 11 is 0. The van der Waals surface area contributed by atoms with E-state index >= 15 is 0 Å². The van der Waals surface area contributed by atoms with Gasteiger partial charge >= 0.3 is 0 Å². The molecule has 7 heteroatoms. The third-order valence-corrected chi connectivity index (χ3v) is 3.66. The zero-order chi connectivity index (χ0) is 16.1. The van der Waals surface area contributed by atoms with Crippen LogP contribution in [0.3, 0.4) is 0 Å². The molecule has 0 unspecified atom stereocenters. The van der Waals surface area contributed by atoms with Gasteiger partial charge in [0.15, 0.2) is 0 Å². The fraction of sp³-hybridized carbons (Fsp3) is 0.312. The van der Waals surface area contributed by atoms with Gasteiger partial charge in [-0.05, 0) is 19.1 Å². The third-order valence-electron chi connectivity index (χ3n) is 3.66. The lowest BCUT2D eigenvalue weighted by molar-refractivity contribution is 0.589. The lowest BCUT2D eigenvalue weighted by Crippen LogP contribution is -2.43. The van der Waals surface area contributed by atoms with E-state index in [1.807, 2.05) is 31.3 Å². The van der Waals surface area contributed by atoms with Crippen molar-refractivity contribution in [3.8, 4) is 0 Å². The Labute approximate surface area is 135 Å². The highest BCUT2D eigenvalue weighted by molar-refractivity contribution is 5.62. The van der Waals surface area contributed by atoms with E-state index < -0.39 is 0 Å². The van der Waals surface area contributed by atoms with Gasteiger partial charge in [-0.25, -0.2) is 9.97 Å². The normalized spacial score (nSPS) is 15.1. The van der Waals surface area contributed by atoms with Crippen molar-refractivity contribution in [2.45, 2.75) is 6.92 Å². The number of pyridine rings is 1. The molecule has 0 radical (unpaired) electrons. The number of rotatable bonds is 4. The Balaban J connectivity index is 1.69. The topological polar surface area (TPSA) is 92.0 Å². The summed E-state index contributed by atoms with van der Waals surface area (Å²) in [7, 11) is 0. The van der Waals surface area contributed by atoms with E-state index in [0.29, 0.717) is 17.6 Å². The minimum absolute atomic E-state index is 0.443. The highest BCUT2D eigenvalue weighted by Crippen LogP contribution is 2.18. The molecule has 0 aromatic carbocycles. The molecule has 3 rings (SSSR count). The summed E-state index contributed by atoms with van der Waals surface area (Å²) in [4.78, 5) is 15.2. The van der Waals surface area contributed by atoms with Crippen LogP contribution in [0.2, 0.25) is 0 Å². The van der Waals surface area contributed by atoms with Gasteiger partial charge in [-0.2, -0.15) is 4.98 Å². The predicted molar refractivity (Wildman–Crippen MR) is 93.8 cm³/mol.